The highest BCUT2D eigenvalue weighted by molar-refractivity contribution is 6.06. The van der Waals surface area contributed by atoms with Gasteiger partial charge in [0.1, 0.15) is 11.7 Å². The van der Waals surface area contributed by atoms with Gasteiger partial charge in [0, 0.05) is 71.5 Å². The van der Waals surface area contributed by atoms with Crippen LogP contribution in [0.3, 0.4) is 0 Å². The van der Waals surface area contributed by atoms with Gasteiger partial charge in [0.2, 0.25) is 11.8 Å². The number of carbonyl (C=O) groups excluding carboxylic acids is 3. The lowest BCUT2D eigenvalue weighted by Crippen LogP contribution is -2.47. The van der Waals surface area contributed by atoms with Gasteiger partial charge < -0.3 is 15.2 Å². The van der Waals surface area contributed by atoms with Crippen molar-refractivity contribution in [2.24, 2.45) is 7.05 Å². The minimum atomic E-state index is -3.13. The number of piperidine rings is 1. The summed E-state index contributed by atoms with van der Waals surface area (Å²) in [5.74, 6) is 1.75. The third kappa shape index (κ3) is 7.29. The van der Waals surface area contributed by atoms with Gasteiger partial charge in [-0.25, -0.2) is 8.78 Å². The SMILES string of the molecule is Cc1cc2c(-c3cccc4cc(-c5ccc(C(=O)NCC#Cc6cccc(NC7CCC(=O)NC7=O)c6)nc5)ncc34)cc(C(C)(F)F)cc2n(C)c1=O. The van der Waals surface area contributed by atoms with E-state index >= 15 is 0 Å². The molecule has 6 aromatic rings. The predicted molar refractivity (Wildman–Crippen MR) is 203 cm³/mol. The van der Waals surface area contributed by atoms with E-state index in [0.29, 0.717) is 56.5 Å². The molecule has 1 aliphatic rings. The number of alkyl halides is 2. The zero-order chi connectivity index (χ0) is 38.1. The summed E-state index contributed by atoms with van der Waals surface area (Å²) in [5.41, 5.74) is 4.60. The van der Waals surface area contributed by atoms with Crippen molar-refractivity contribution >= 4 is 45.1 Å². The van der Waals surface area contributed by atoms with E-state index in [1.807, 2.05) is 36.4 Å². The molecule has 54 heavy (non-hydrogen) atoms. The van der Waals surface area contributed by atoms with Gasteiger partial charge in [0.05, 0.1) is 17.8 Å². The van der Waals surface area contributed by atoms with Crippen LogP contribution in [-0.2, 0) is 22.6 Å². The molecule has 3 aromatic heterocycles. The number of hydrogen-bond acceptors (Lipinski definition) is 7. The number of aryl methyl sites for hydroxylation is 2. The van der Waals surface area contributed by atoms with Crippen molar-refractivity contribution in [1.29, 1.82) is 0 Å². The number of amides is 3. The van der Waals surface area contributed by atoms with Crippen molar-refractivity contribution in [3.05, 3.63) is 124 Å². The molecule has 3 aromatic carbocycles. The number of carbonyl (C=O) groups is 3. The van der Waals surface area contributed by atoms with Gasteiger partial charge >= 0.3 is 0 Å². The highest BCUT2D eigenvalue weighted by Gasteiger charge is 2.28. The minimum absolute atomic E-state index is 0.0750. The molecule has 1 saturated heterocycles. The third-order valence-corrected chi connectivity index (χ3v) is 9.39. The number of halogens is 2. The maximum absolute atomic E-state index is 14.7. The van der Waals surface area contributed by atoms with Gasteiger partial charge in [0.15, 0.2) is 0 Å². The molecule has 12 heteroatoms. The second kappa shape index (κ2) is 14.4. The minimum Gasteiger partial charge on any atom is -0.374 e. The largest absolute Gasteiger partial charge is 0.374 e. The van der Waals surface area contributed by atoms with E-state index < -0.39 is 17.9 Å². The molecule has 1 unspecified atom stereocenters. The molecule has 0 bridgehead atoms. The standard InChI is InChI=1S/C42H34F2N6O4/c1-24-17-32-31(20-28(42(2,43)44)21-37(32)50(3)41(24)54)30-11-5-9-26-19-36(47-23-33(26)30)27-12-13-34(46-22-27)39(52)45-16-6-8-25-7-4-10-29(18-25)48-35-14-15-38(51)49-40(35)53/h4-5,7,9-13,17-23,35,48H,14-16H2,1-3H3,(H,45,52)(H,49,51,53). The maximum atomic E-state index is 14.7. The molecule has 4 heterocycles. The molecule has 0 aliphatic carbocycles. The predicted octanol–water partition coefficient (Wildman–Crippen LogP) is 6.23. The lowest BCUT2D eigenvalue weighted by atomic mass is 9.92. The first-order valence-electron chi connectivity index (χ1n) is 17.2. The number of rotatable bonds is 7. The molecule has 1 fully saturated rings. The number of nitrogens with one attached hydrogen (secondary N) is 3. The van der Waals surface area contributed by atoms with E-state index in [-0.39, 0.29) is 41.6 Å². The Balaban J connectivity index is 1.06. The highest BCUT2D eigenvalue weighted by Crippen LogP contribution is 2.39. The number of aromatic nitrogens is 3. The van der Waals surface area contributed by atoms with Crippen LogP contribution in [-0.4, -0.2) is 44.8 Å². The first kappa shape index (κ1) is 35.7. The summed E-state index contributed by atoms with van der Waals surface area (Å²) in [5, 5.41) is 10.4. The summed E-state index contributed by atoms with van der Waals surface area (Å²) >= 11 is 0. The number of anilines is 1. The van der Waals surface area contributed by atoms with Gasteiger partial charge in [-0.05, 0) is 84.5 Å². The summed E-state index contributed by atoms with van der Waals surface area (Å²) in [6.45, 7) is 2.62. The Morgan fingerprint density at radius 1 is 0.963 bits per heavy atom. The molecule has 3 amide bonds. The fourth-order valence-electron chi connectivity index (χ4n) is 6.52. The number of nitrogens with zero attached hydrogens (tertiary/aromatic N) is 3. The lowest BCUT2D eigenvalue weighted by Gasteiger charge is -2.22. The molecular formula is C42H34F2N6O4. The second-order valence-corrected chi connectivity index (χ2v) is 13.3. The number of fused-ring (bicyclic) bond motifs is 2. The van der Waals surface area contributed by atoms with E-state index in [1.54, 1.807) is 56.7 Å². The Morgan fingerprint density at radius 2 is 1.78 bits per heavy atom. The van der Waals surface area contributed by atoms with E-state index in [4.69, 9.17) is 0 Å². The number of hydrogen-bond donors (Lipinski definition) is 3. The van der Waals surface area contributed by atoms with Crippen LogP contribution in [0.4, 0.5) is 14.5 Å². The molecule has 10 nitrogen and oxygen atoms in total. The van der Waals surface area contributed by atoms with Crippen molar-refractivity contribution in [3.63, 3.8) is 0 Å². The van der Waals surface area contributed by atoms with Crippen LogP contribution >= 0.6 is 0 Å². The summed E-state index contributed by atoms with van der Waals surface area (Å²) in [4.78, 5) is 58.1. The molecular weight excluding hydrogens is 690 g/mol. The van der Waals surface area contributed by atoms with Crippen molar-refractivity contribution in [2.75, 3.05) is 11.9 Å². The molecule has 0 saturated carbocycles. The average Bonchev–Trinajstić information content (AvgIpc) is 3.16. The Bertz CT molecular complexity index is 2620. The van der Waals surface area contributed by atoms with Gasteiger partial charge in [-0.1, -0.05) is 36.1 Å². The topological polar surface area (TPSA) is 135 Å². The van der Waals surface area contributed by atoms with Crippen LogP contribution in [0.25, 0.3) is 44.1 Å². The van der Waals surface area contributed by atoms with Crippen molar-refractivity contribution in [1.82, 2.24) is 25.2 Å². The highest BCUT2D eigenvalue weighted by atomic mass is 19.3. The summed E-state index contributed by atoms with van der Waals surface area (Å²) in [6, 6.07) is 22.1. The van der Waals surface area contributed by atoms with Gasteiger partial charge in [-0.15, -0.1) is 0 Å². The maximum Gasteiger partial charge on any atom is 0.270 e. The lowest BCUT2D eigenvalue weighted by molar-refractivity contribution is -0.133. The van der Waals surface area contributed by atoms with Crippen molar-refractivity contribution in [3.8, 4) is 34.2 Å². The summed E-state index contributed by atoms with van der Waals surface area (Å²) in [7, 11) is 1.59. The number of imide groups is 1. The zero-order valence-electron chi connectivity index (χ0n) is 29.6. The first-order chi connectivity index (χ1) is 25.9. The Labute approximate surface area is 308 Å². The Kier molecular flexibility index (Phi) is 9.48. The van der Waals surface area contributed by atoms with Crippen LogP contribution in [0.5, 0.6) is 0 Å². The van der Waals surface area contributed by atoms with Crippen LogP contribution in [0.1, 0.15) is 46.9 Å². The molecule has 1 aliphatic heterocycles. The number of benzene rings is 3. The Morgan fingerprint density at radius 3 is 2.54 bits per heavy atom. The molecule has 0 radical (unpaired) electrons. The van der Waals surface area contributed by atoms with E-state index in [0.717, 1.165) is 17.7 Å². The van der Waals surface area contributed by atoms with Crippen LogP contribution in [0.2, 0.25) is 0 Å². The molecule has 7 rings (SSSR count). The normalized spacial score (nSPS) is 14.4. The second-order valence-electron chi connectivity index (χ2n) is 13.3. The van der Waals surface area contributed by atoms with E-state index in [1.165, 1.54) is 16.7 Å². The average molecular weight is 725 g/mol. The monoisotopic (exact) mass is 724 g/mol. The van der Waals surface area contributed by atoms with Crippen molar-refractivity contribution < 1.29 is 23.2 Å². The van der Waals surface area contributed by atoms with E-state index in [9.17, 15) is 28.0 Å². The quantitative estimate of drug-likeness (QED) is 0.131. The fraction of sp³-hybridized carbons (Fsp3) is 0.190. The Hall–Kier alpha value is -6.74. The first-order valence-corrected chi connectivity index (χ1v) is 17.2. The van der Waals surface area contributed by atoms with Crippen LogP contribution < -0.4 is 21.5 Å². The van der Waals surface area contributed by atoms with Crippen LogP contribution in [0.15, 0.2) is 96.1 Å². The van der Waals surface area contributed by atoms with Crippen molar-refractivity contribution in [2.45, 2.75) is 38.7 Å². The summed E-state index contributed by atoms with van der Waals surface area (Å²) in [6.07, 6.45) is 3.93. The third-order valence-electron chi connectivity index (χ3n) is 9.39. The molecule has 3 N–H and O–H groups in total. The van der Waals surface area contributed by atoms with Gasteiger partial charge in [-0.3, -0.25) is 34.5 Å². The number of pyridine rings is 3. The van der Waals surface area contributed by atoms with E-state index in [2.05, 4.69) is 37.8 Å². The smallest absolute Gasteiger partial charge is 0.270 e. The van der Waals surface area contributed by atoms with Gasteiger partial charge in [0.25, 0.3) is 17.4 Å². The fourth-order valence-corrected chi connectivity index (χ4v) is 6.52. The summed E-state index contributed by atoms with van der Waals surface area (Å²) < 4.78 is 30.8. The van der Waals surface area contributed by atoms with Crippen LogP contribution in [0, 0.1) is 18.8 Å². The zero-order valence-corrected chi connectivity index (χ0v) is 29.6. The van der Waals surface area contributed by atoms with Gasteiger partial charge in [-0.2, -0.15) is 0 Å². The molecule has 270 valence electrons. The molecule has 1 atom stereocenters. The molecule has 0 spiro atoms.